The summed E-state index contributed by atoms with van der Waals surface area (Å²) < 4.78 is 32.1. The number of thiophene rings is 1. The predicted octanol–water partition coefficient (Wildman–Crippen LogP) is 4.42. The molecule has 1 amide bonds. The Morgan fingerprint density at radius 2 is 1.78 bits per heavy atom. The van der Waals surface area contributed by atoms with Crippen LogP contribution in [0.25, 0.3) is 10.1 Å². The molecule has 0 aliphatic heterocycles. The number of methoxy groups -OCH3 is 1. The number of fused-ring (bicyclic) bond motifs is 1. The molecule has 0 atom stereocenters. The van der Waals surface area contributed by atoms with Gasteiger partial charge < -0.3 is 10.1 Å². The summed E-state index contributed by atoms with van der Waals surface area (Å²) in [5.41, 5.74) is 1.12. The summed E-state index contributed by atoms with van der Waals surface area (Å²) in [5.74, 6) is -0.273. The summed E-state index contributed by atoms with van der Waals surface area (Å²) in [6.45, 7) is 5.90. The van der Waals surface area contributed by atoms with E-state index in [4.69, 9.17) is 4.74 Å². The maximum atomic E-state index is 13.1. The Kier molecular flexibility index (Phi) is 6.38. The zero-order valence-corrected chi connectivity index (χ0v) is 19.9. The molecule has 0 aliphatic rings. The number of nitrogens with zero attached hydrogens (tertiary/aromatic N) is 1. The van der Waals surface area contributed by atoms with Crippen LogP contribution in [0.2, 0.25) is 0 Å². The van der Waals surface area contributed by atoms with Gasteiger partial charge in [-0.2, -0.15) is 0 Å². The number of hydrogen-bond acceptors (Lipinski definition) is 8. The van der Waals surface area contributed by atoms with Gasteiger partial charge in [-0.3, -0.25) is 19.9 Å². The third kappa shape index (κ3) is 5.13. The van der Waals surface area contributed by atoms with Crippen LogP contribution >= 0.6 is 11.3 Å². The first-order chi connectivity index (χ1) is 14.8. The molecule has 9 nitrogen and oxygen atoms in total. The maximum Gasteiger partial charge on any atom is 0.265 e. The van der Waals surface area contributed by atoms with Crippen molar-refractivity contribution in [1.29, 1.82) is 0 Å². The van der Waals surface area contributed by atoms with Gasteiger partial charge in [0.1, 0.15) is 5.69 Å². The molecule has 0 unspecified atom stereocenters. The summed E-state index contributed by atoms with van der Waals surface area (Å²) in [6.07, 6.45) is 1.04. The number of carbonyl (C=O) groups is 1. The van der Waals surface area contributed by atoms with Crippen LogP contribution in [-0.4, -0.2) is 38.1 Å². The van der Waals surface area contributed by atoms with E-state index in [9.17, 15) is 23.6 Å². The van der Waals surface area contributed by atoms with E-state index in [1.807, 2.05) is 20.8 Å². The van der Waals surface area contributed by atoms with E-state index in [2.05, 4.69) is 10.0 Å². The number of nitrogens with one attached hydrogen (secondary N) is 2. The Labute approximate surface area is 190 Å². The van der Waals surface area contributed by atoms with Crippen LogP contribution < -0.4 is 20.0 Å². The van der Waals surface area contributed by atoms with Crippen molar-refractivity contribution in [3.8, 4) is 5.75 Å². The Morgan fingerprint density at radius 1 is 1.12 bits per heavy atom. The fourth-order valence-electron chi connectivity index (χ4n) is 3.15. The van der Waals surface area contributed by atoms with Crippen LogP contribution in [0.5, 0.6) is 5.75 Å². The molecule has 0 bridgehead atoms. The quantitative estimate of drug-likeness (QED) is 0.385. The van der Waals surface area contributed by atoms with Gasteiger partial charge in [-0.15, -0.1) is 16.6 Å². The molecule has 0 saturated heterocycles. The fourth-order valence-corrected chi connectivity index (χ4v) is 4.75. The highest BCUT2D eigenvalue weighted by Gasteiger charge is 2.23. The zero-order chi connectivity index (χ0) is 23.8. The highest BCUT2D eigenvalue weighted by Crippen LogP contribution is 2.40. The van der Waals surface area contributed by atoms with E-state index in [1.54, 1.807) is 30.3 Å². The Morgan fingerprint density at radius 3 is 2.34 bits per heavy atom. The van der Waals surface area contributed by atoms with E-state index in [-0.39, 0.29) is 27.8 Å². The van der Waals surface area contributed by atoms with Crippen LogP contribution in [0.1, 0.15) is 36.0 Å². The summed E-state index contributed by atoms with van der Waals surface area (Å²) in [4.78, 5) is 13.4. The van der Waals surface area contributed by atoms with Gasteiger partial charge in [0, 0.05) is 0 Å². The lowest BCUT2D eigenvalue weighted by molar-refractivity contribution is 0.0300. The van der Waals surface area contributed by atoms with Crippen LogP contribution in [-0.2, 0) is 15.4 Å². The van der Waals surface area contributed by atoms with Crippen molar-refractivity contribution in [3.05, 3.63) is 46.8 Å². The number of amides is 1. The number of hydrogen-bond donors (Lipinski definition) is 4. The Balaban J connectivity index is 2.07. The molecule has 1 heterocycles. The molecule has 0 saturated carbocycles. The monoisotopic (exact) mass is 479 g/mol. The molecule has 172 valence electrons. The second kappa shape index (κ2) is 8.58. The summed E-state index contributed by atoms with van der Waals surface area (Å²) in [6, 6.07) is 9.97. The number of ether oxygens (including phenoxy) is 1. The lowest BCUT2D eigenvalue weighted by Gasteiger charge is -2.23. The van der Waals surface area contributed by atoms with Crippen LogP contribution in [0, 0.1) is 0 Å². The SMILES string of the molecule is COc1c(NC(=O)c2cc3cccc(N(O)O)c3s2)cc(C(C)(C)C)cc1NS(C)(=O)=O. The normalized spacial score (nSPS) is 12.0. The molecule has 0 spiro atoms. The smallest absolute Gasteiger partial charge is 0.265 e. The molecular formula is C21H25N3O6S2. The van der Waals surface area contributed by atoms with Gasteiger partial charge in [-0.25, -0.2) is 8.42 Å². The molecule has 4 N–H and O–H groups in total. The zero-order valence-electron chi connectivity index (χ0n) is 18.3. The highest BCUT2D eigenvalue weighted by molar-refractivity contribution is 7.92. The molecule has 3 rings (SSSR count). The average molecular weight is 480 g/mol. The van der Waals surface area contributed by atoms with Gasteiger partial charge in [0.05, 0.1) is 34.3 Å². The predicted molar refractivity (Wildman–Crippen MR) is 126 cm³/mol. The lowest BCUT2D eigenvalue weighted by Crippen LogP contribution is -2.18. The van der Waals surface area contributed by atoms with E-state index in [0.29, 0.717) is 20.7 Å². The molecule has 2 aromatic carbocycles. The van der Waals surface area contributed by atoms with Crippen molar-refractivity contribution in [2.75, 3.05) is 28.6 Å². The topological polar surface area (TPSA) is 128 Å². The van der Waals surface area contributed by atoms with Crippen molar-refractivity contribution < 1.29 is 28.4 Å². The number of rotatable bonds is 6. The molecule has 0 aliphatic carbocycles. The minimum atomic E-state index is -3.59. The molecule has 32 heavy (non-hydrogen) atoms. The minimum absolute atomic E-state index is 0.0134. The first kappa shape index (κ1) is 23.8. The van der Waals surface area contributed by atoms with Gasteiger partial charge in [-0.05, 0) is 40.6 Å². The van der Waals surface area contributed by atoms with Crippen LogP contribution in [0.4, 0.5) is 17.1 Å². The number of sulfonamides is 1. The van der Waals surface area contributed by atoms with E-state index in [1.165, 1.54) is 13.2 Å². The van der Waals surface area contributed by atoms with Crippen LogP contribution in [0.3, 0.4) is 0 Å². The number of benzene rings is 2. The van der Waals surface area contributed by atoms with Crippen molar-refractivity contribution in [2.24, 2.45) is 0 Å². The first-order valence-corrected chi connectivity index (χ1v) is 12.2. The van der Waals surface area contributed by atoms with Gasteiger partial charge >= 0.3 is 0 Å². The lowest BCUT2D eigenvalue weighted by atomic mass is 9.86. The molecule has 3 aromatic rings. The van der Waals surface area contributed by atoms with Gasteiger partial charge in [0.15, 0.2) is 5.75 Å². The van der Waals surface area contributed by atoms with E-state index < -0.39 is 15.9 Å². The van der Waals surface area contributed by atoms with Crippen LogP contribution in [0.15, 0.2) is 36.4 Å². The largest absolute Gasteiger partial charge is 0.492 e. The standard InChI is InChI=1S/C21H25N3O6S2/c1-21(2,3)13-10-14(18(30-4)15(11-13)23-32(5,28)29)22-20(25)17-9-12-7-6-8-16(24(26)27)19(12)31-17/h6-11,23,26-27H,1-5H3,(H,22,25). The maximum absolute atomic E-state index is 13.1. The molecular weight excluding hydrogens is 454 g/mol. The van der Waals surface area contributed by atoms with Gasteiger partial charge in [0.2, 0.25) is 10.0 Å². The fraction of sp³-hybridized carbons (Fsp3) is 0.286. The highest BCUT2D eigenvalue weighted by atomic mass is 32.2. The van der Waals surface area contributed by atoms with E-state index in [0.717, 1.165) is 23.2 Å². The van der Waals surface area contributed by atoms with Gasteiger partial charge in [0.25, 0.3) is 5.91 Å². The van der Waals surface area contributed by atoms with Crippen molar-refractivity contribution in [1.82, 2.24) is 0 Å². The Bertz CT molecular complexity index is 1280. The second-order valence-electron chi connectivity index (χ2n) is 8.28. The van der Waals surface area contributed by atoms with Crippen molar-refractivity contribution in [2.45, 2.75) is 26.2 Å². The third-order valence-electron chi connectivity index (χ3n) is 4.67. The first-order valence-electron chi connectivity index (χ1n) is 9.52. The Hall–Kier alpha value is -2.86. The van der Waals surface area contributed by atoms with Crippen molar-refractivity contribution >= 4 is 54.4 Å². The minimum Gasteiger partial charge on any atom is -0.492 e. The third-order valence-corrected chi connectivity index (χ3v) is 6.43. The molecule has 0 radical (unpaired) electrons. The summed E-state index contributed by atoms with van der Waals surface area (Å²) in [5, 5.41) is 22.3. The number of carbonyl (C=O) groups excluding carboxylic acids is 1. The molecule has 1 aromatic heterocycles. The molecule has 11 heteroatoms. The summed E-state index contributed by atoms with van der Waals surface area (Å²) >= 11 is 1.09. The van der Waals surface area contributed by atoms with E-state index >= 15 is 0 Å². The second-order valence-corrected chi connectivity index (χ2v) is 11.1. The summed E-state index contributed by atoms with van der Waals surface area (Å²) in [7, 11) is -2.21. The number of anilines is 3. The van der Waals surface area contributed by atoms with Gasteiger partial charge in [-0.1, -0.05) is 32.9 Å². The van der Waals surface area contributed by atoms with Crippen molar-refractivity contribution in [3.63, 3.8) is 0 Å². The average Bonchev–Trinajstić information content (AvgIpc) is 3.10. The molecule has 0 fully saturated rings.